The standard InChI is InChI=1S/C18H16Cl2N2O4/c1-2-22(9-16(23)21-17-12(19)4-3-5-13(17)20)18(24)11-6-7-14-15(8-11)26-10-25-14/h3-8H,2,9-10H2,1H3,(H,21,23). The number of hydrogen-bond acceptors (Lipinski definition) is 4. The molecule has 0 fully saturated rings. The molecule has 1 heterocycles. The van der Waals surface area contributed by atoms with E-state index in [4.69, 9.17) is 32.7 Å². The molecule has 0 bridgehead atoms. The first-order chi connectivity index (χ1) is 12.5. The highest BCUT2D eigenvalue weighted by Crippen LogP contribution is 2.33. The topological polar surface area (TPSA) is 67.9 Å². The predicted octanol–water partition coefficient (Wildman–Crippen LogP) is 3.82. The van der Waals surface area contributed by atoms with Crippen molar-refractivity contribution in [2.45, 2.75) is 6.92 Å². The Hall–Kier alpha value is -2.44. The van der Waals surface area contributed by atoms with Crippen LogP contribution in [-0.4, -0.2) is 36.6 Å². The minimum atomic E-state index is -0.393. The number of halogens is 2. The van der Waals surface area contributed by atoms with E-state index < -0.39 is 5.91 Å². The first-order valence-corrected chi connectivity index (χ1v) is 8.68. The number of ether oxygens (including phenoxy) is 2. The Morgan fingerprint density at radius 2 is 1.81 bits per heavy atom. The monoisotopic (exact) mass is 394 g/mol. The fourth-order valence-corrected chi connectivity index (χ4v) is 3.00. The average molecular weight is 395 g/mol. The molecule has 0 spiro atoms. The Kier molecular flexibility index (Phi) is 5.54. The van der Waals surface area contributed by atoms with Crippen molar-refractivity contribution >= 4 is 40.7 Å². The van der Waals surface area contributed by atoms with Gasteiger partial charge < -0.3 is 19.7 Å². The molecule has 0 aromatic heterocycles. The lowest BCUT2D eigenvalue weighted by Crippen LogP contribution is -2.37. The van der Waals surface area contributed by atoms with Gasteiger partial charge in [0.15, 0.2) is 11.5 Å². The molecule has 26 heavy (non-hydrogen) atoms. The second-order valence-electron chi connectivity index (χ2n) is 5.53. The fourth-order valence-electron chi connectivity index (χ4n) is 2.51. The summed E-state index contributed by atoms with van der Waals surface area (Å²) in [7, 11) is 0. The van der Waals surface area contributed by atoms with Gasteiger partial charge in [-0.2, -0.15) is 0 Å². The molecule has 0 saturated heterocycles. The third-order valence-electron chi connectivity index (χ3n) is 3.85. The number of amides is 2. The Bertz CT molecular complexity index is 837. The molecule has 1 aliphatic rings. The van der Waals surface area contributed by atoms with Gasteiger partial charge >= 0.3 is 0 Å². The summed E-state index contributed by atoms with van der Waals surface area (Å²) in [5.74, 6) is 0.428. The zero-order valence-electron chi connectivity index (χ0n) is 13.9. The van der Waals surface area contributed by atoms with E-state index in [0.717, 1.165) is 0 Å². The highest BCUT2D eigenvalue weighted by Gasteiger charge is 2.21. The molecule has 0 saturated carbocycles. The maximum absolute atomic E-state index is 12.7. The molecule has 0 aliphatic carbocycles. The van der Waals surface area contributed by atoms with Gasteiger partial charge in [-0.15, -0.1) is 0 Å². The highest BCUT2D eigenvalue weighted by molar-refractivity contribution is 6.39. The van der Waals surface area contributed by atoms with Crippen molar-refractivity contribution in [3.63, 3.8) is 0 Å². The second-order valence-corrected chi connectivity index (χ2v) is 6.35. The number of benzene rings is 2. The number of likely N-dealkylation sites (N-methyl/N-ethyl adjacent to an activating group) is 1. The molecule has 6 nitrogen and oxygen atoms in total. The van der Waals surface area contributed by atoms with E-state index in [0.29, 0.717) is 39.3 Å². The minimum absolute atomic E-state index is 0.130. The van der Waals surface area contributed by atoms with Crippen molar-refractivity contribution in [2.75, 3.05) is 25.2 Å². The molecule has 2 amide bonds. The summed E-state index contributed by atoms with van der Waals surface area (Å²) >= 11 is 12.1. The molecule has 3 rings (SSSR count). The molecular weight excluding hydrogens is 379 g/mol. The van der Waals surface area contributed by atoms with E-state index in [1.54, 1.807) is 43.3 Å². The molecule has 2 aromatic rings. The van der Waals surface area contributed by atoms with E-state index in [2.05, 4.69) is 5.32 Å². The predicted molar refractivity (Wildman–Crippen MR) is 99.2 cm³/mol. The summed E-state index contributed by atoms with van der Waals surface area (Å²) in [5, 5.41) is 3.31. The number of fused-ring (bicyclic) bond motifs is 1. The molecule has 0 radical (unpaired) electrons. The SMILES string of the molecule is CCN(CC(=O)Nc1c(Cl)cccc1Cl)C(=O)c1ccc2c(c1)OCO2. The smallest absolute Gasteiger partial charge is 0.254 e. The lowest BCUT2D eigenvalue weighted by Gasteiger charge is -2.21. The summed E-state index contributed by atoms with van der Waals surface area (Å²) in [4.78, 5) is 26.5. The molecule has 2 aromatic carbocycles. The molecule has 8 heteroatoms. The number of para-hydroxylation sites is 1. The van der Waals surface area contributed by atoms with Crippen LogP contribution in [-0.2, 0) is 4.79 Å². The van der Waals surface area contributed by atoms with Crippen LogP contribution < -0.4 is 14.8 Å². The van der Waals surface area contributed by atoms with Crippen molar-refractivity contribution in [3.05, 3.63) is 52.0 Å². The largest absolute Gasteiger partial charge is 0.454 e. The van der Waals surface area contributed by atoms with Crippen LogP contribution in [0.25, 0.3) is 0 Å². The average Bonchev–Trinajstić information content (AvgIpc) is 3.10. The normalized spacial score (nSPS) is 12.0. The van der Waals surface area contributed by atoms with Crippen LogP contribution in [0.2, 0.25) is 10.0 Å². The van der Waals surface area contributed by atoms with Gasteiger partial charge in [-0.25, -0.2) is 0 Å². The summed E-state index contributed by atoms with van der Waals surface area (Å²) in [6, 6.07) is 9.85. The highest BCUT2D eigenvalue weighted by atomic mass is 35.5. The van der Waals surface area contributed by atoms with Crippen LogP contribution in [0, 0.1) is 0 Å². The van der Waals surface area contributed by atoms with Gasteiger partial charge in [0.2, 0.25) is 12.7 Å². The number of nitrogens with zero attached hydrogens (tertiary/aromatic N) is 1. The van der Waals surface area contributed by atoms with Gasteiger partial charge in [0.1, 0.15) is 6.54 Å². The fraction of sp³-hybridized carbons (Fsp3) is 0.222. The van der Waals surface area contributed by atoms with E-state index >= 15 is 0 Å². The van der Waals surface area contributed by atoms with Crippen molar-refractivity contribution in [1.29, 1.82) is 0 Å². The third kappa shape index (κ3) is 3.86. The molecule has 1 N–H and O–H groups in total. The minimum Gasteiger partial charge on any atom is -0.454 e. The Morgan fingerprint density at radius 3 is 2.50 bits per heavy atom. The van der Waals surface area contributed by atoms with Crippen LogP contribution in [0.3, 0.4) is 0 Å². The summed E-state index contributed by atoms with van der Waals surface area (Å²) in [5.41, 5.74) is 0.743. The number of carbonyl (C=O) groups excluding carboxylic acids is 2. The quantitative estimate of drug-likeness (QED) is 0.836. The lowest BCUT2D eigenvalue weighted by molar-refractivity contribution is -0.116. The van der Waals surface area contributed by atoms with Crippen LogP contribution in [0.1, 0.15) is 17.3 Å². The molecule has 0 atom stereocenters. The number of nitrogens with one attached hydrogen (secondary N) is 1. The Labute approximate surface area is 160 Å². The number of anilines is 1. The van der Waals surface area contributed by atoms with E-state index in [1.165, 1.54) is 4.90 Å². The maximum atomic E-state index is 12.7. The Balaban J connectivity index is 1.70. The van der Waals surface area contributed by atoms with Crippen LogP contribution >= 0.6 is 23.2 Å². The third-order valence-corrected chi connectivity index (χ3v) is 4.48. The summed E-state index contributed by atoms with van der Waals surface area (Å²) in [6.07, 6.45) is 0. The van der Waals surface area contributed by atoms with Crippen molar-refractivity contribution in [3.8, 4) is 11.5 Å². The zero-order chi connectivity index (χ0) is 18.7. The van der Waals surface area contributed by atoms with E-state index in [-0.39, 0.29) is 19.2 Å². The van der Waals surface area contributed by atoms with Gasteiger partial charge in [-0.3, -0.25) is 9.59 Å². The van der Waals surface area contributed by atoms with Gasteiger partial charge in [0.25, 0.3) is 5.91 Å². The van der Waals surface area contributed by atoms with Crippen molar-refractivity contribution in [2.24, 2.45) is 0 Å². The molecule has 1 aliphatic heterocycles. The number of rotatable bonds is 5. The summed E-state index contributed by atoms with van der Waals surface area (Å²) < 4.78 is 10.5. The molecule has 136 valence electrons. The molecular formula is C18H16Cl2N2O4. The first-order valence-electron chi connectivity index (χ1n) is 7.92. The maximum Gasteiger partial charge on any atom is 0.254 e. The Morgan fingerprint density at radius 1 is 1.12 bits per heavy atom. The van der Waals surface area contributed by atoms with Crippen LogP contribution in [0.4, 0.5) is 5.69 Å². The first kappa shape index (κ1) is 18.4. The molecule has 0 unspecified atom stereocenters. The second kappa shape index (κ2) is 7.85. The number of carbonyl (C=O) groups is 2. The van der Waals surface area contributed by atoms with E-state index in [9.17, 15) is 9.59 Å². The van der Waals surface area contributed by atoms with Crippen molar-refractivity contribution in [1.82, 2.24) is 4.90 Å². The van der Waals surface area contributed by atoms with Gasteiger partial charge in [0.05, 0.1) is 15.7 Å². The van der Waals surface area contributed by atoms with Crippen molar-refractivity contribution < 1.29 is 19.1 Å². The van der Waals surface area contributed by atoms with E-state index in [1.807, 2.05) is 0 Å². The zero-order valence-corrected chi connectivity index (χ0v) is 15.4. The van der Waals surface area contributed by atoms with Gasteiger partial charge in [-0.1, -0.05) is 29.3 Å². The van der Waals surface area contributed by atoms with Gasteiger partial charge in [0, 0.05) is 12.1 Å². The van der Waals surface area contributed by atoms with Crippen LogP contribution in [0.5, 0.6) is 11.5 Å². The van der Waals surface area contributed by atoms with Crippen LogP contribution in [0.15, 0.2) is 36.4 Å². The summed E-state index contributed by atoms with van der Waals surface area (Å²) in [6.45, 7) is 2.15. The van der Waals surface area contributed by atoms with Gasteiger partial charge in [-0.05, 0) is 37.3 Å². The number of hydrogen-bond donors (Lipinski definition) is 1. The lowest BCUT2D eigenvalue weighted by atomic mass is 10.1.